The molecule has 0 fully saturated rings. The van der Waals surface area contributed by atoms with Gasteiger partial charge in [-0.25, -0.2) is 0 Å². The summed E-state index contributed by atoms with van der Waals surface area (Å²) in [6.07, 6.45) is 0. The predicted molar refractivity (Wildman–Crippen MR) is 252 cm³/mol. The van der Waals surface area contributed by atoms with Crippen LogP contribution in [0, 0.1) is 0 Å². The molecule has 6 nitrogen and oxygen atoms in total. The molecule has 0 saturated carbocycles. The van der Waals surface area contributed by atoms with Crippen molar-refractivity contribution in [2.24, 2.45) is 0 Å². The molecule has 7 aromatic rings. The topological polar surface area (TPSA) is 78.9 Å². The molecule has 0 saturated heterocycles. The van der Waals surface area contributed by atoms with Crippen LogP contribution in [0.2, 0.25) is 0 Å². The number of esters is 3. The van der Waals surface area contributed by atoms with Gasteiger partial charge in [-0.1, -0.05) is 255 Å². The fourth-order valence-electron chi connectivity index (χ4n) is 3.30. The minimum atomic E-state index is -0.211. The summed E-state index contributed by atoms with van der Waals surface area (Å²) in [5.41, 5.74) is 0. The first-order valence-corrected chi connectivity index (χ1v) is 19.7. The third-order valence-electron chi connectivity index (χ3n) is 5.71. The normalized spacial score (nSPS) is 7.90. The lowest BCUT2D eigenvalue weighted by atomic mass is 10.4. The smallest absolute Gasteiger partial charge is 0.302 e. The molecule has 0 amide bonds. The Morgan fingerprint density at radius 2 is 0.283 bits per heavy atom. The van der Waals surface area contributed by atoms with Crippen molar-refractivity contribution in [2.45, 2.75) is 41.5 Å². The van der Waals surface area contributed by atoms with Crippen LogP contribution in [0.25, 0.3) is 0 Å². The van der Waals surface area contributed by atoms with E-state index in [1.165, 1.54) is 20.8 Å². The zero-order chi connectivity index (χ0) is 44.7. The van der Waals surface area contributed by atoms with Crippen LogP contribution in [0.5, 0.6) is 0 Å². The summed E-state index contributed by atoms with van der Waals surface area (Å²) in [5, 5.41) is 0. The van der Waals surface area contributed by atoms with Gasteiger partial charge in [-0.2, -0.15) is 0 Å². The number of hydrogen-bond acceptors (Lipinski definition) is 6. The molecular weight excluding hydrogens is 745 g/mol. The lowest BCUT2D eigenvalue weighted by Gasteiger charge is -1.89. The van der Waals surface area contributed by atoms with Gasteiger partial charge in [0.15, 0.2) is 0 Å². The number of carbonyl (C=O) groups excluding carboxylic acids is 3. The number of carbonyl (C=O) groups is 3. The van der Waals surface area contributed by atoms with Crippen molar-refractivity contribution in [3.63, 3.8) is 0 Å². The summed E-state index contributed by atoms with van der Waals surface area (Å²) in [4.78, 5) is 29.5. The molecule has 0 aliphatic carbocycles. The fourth-order valence-corrected chi connectivity index (χ4v) is 3.30. The van der Waals surface area contributed by atoms with Crippen molar-refractivity contribution in [1.29, 1.82) is 0 Å². The van der Waals surface area contributed by atoms with Crippen molar-refractivity contribution in [3.05, 3.63) is 255 Å². The van der Waals surface area contributed by atoms with E-state index in [9.17, 15) is 14.4 Å². The highest BCUT2D eigenvalue weighted by atomic mass is 16.5. The molecule has 0 bridgehead atoms. The highest BCUT2D eigenvalue weighted by Crippen LogP contribution is 1.84. The molecule has 318 valence electrons. The fraction of sp³-hybridized carbons (Fsp3) is 0.167. The van der Waals surface area contributed by atoms with E-state index in [4.69, 9.17) is 0 Å². The van der Waals surface area contributed by atoms with E-state index in [0.29, 0.717) is 19.8 Å². The van der Waals surface area contributed by atoms with Crippen molar-refractivity contribution in [1.82, 2.24) is 0 Å². The van der Waals surface area contributed by atoms with Gasteiger partial charge in [0, 0.05) is 20.8 Å². The zero-order valence-corrected chi connectivity index (χ0v) is 36.3. The molecule has 0 aliphatic heterocycles. The molecule has 0 N–H and O–H groups in total. The summed E-state index contributed by atoms with van der Waals surface area (Å²) in [6, 6.07) is 84.0. The second-order valence-electron chi connectivity index (χ2n) is 10.9. The van der Waals surface area contributed by atoms with Gasteiger partial charge in [0.1, 0.15) is 0 Å². The largest absolute Gasteiger partial charge is 0.466 e. The zero-order valence-electron chi connectivity index (χ0n) is 36.3. The third kappa shape index (κ3) is 65.8. The Labute approximate surface area is 361 Å². The highest BCUT2D eigenvalue weighted by molar-refractivity contribution is 5.66. The molecule has 7 rings (SSSR count). The Kier molecular flexibility index (Phi) is 51.6. The molecule has 0 spiro atoms. The number of ether oxygens (including phenoxy) is 3. The van der Waals surface area contributed by atoms with Crippen LogP contribution in [0.1, 0.15) is 41.5 Å². The highest BCUT2D eigenvalue weighted by Gasteiger charge is 1.83. The van der Waals surface area contributed by atoms with Crippen LogP contribution in [0.4, 0.5) is 0 Å². The van der Waals surface area contributed by atoms with Gasteiger partial charge < -0.3 is 14.2 Å². The van der Waals surface area contributed by atoms with Crippen LogP contribution in [-0.4, -0.2) is 37.7 Å². The Bertz CT molecular complexity index is 1190. The Balaban J connectivity index is -0.000000602. The number of rotatable bonds is 3. The first-order valence-electron chi connectivity index (χ1n) is 19.7. The van der Waals surface area contributed by atoms with Crippen LogP contribution in [0.3, 0.4) is 0 Å². The van der Waals surface area contributed by atoms with Crippen molar-refractivity contribution in [2.75, 3.05) is 19.8 Å². The van der Waals surface area contributed by atoms with E-state index in [1.807, 2.05) is 255 Å². The summed E-state index contributed by atoms with van der Waals surface area (Å²) in [5.74, 6) is -0.632. The van der Waals surface area contributed by atoms with Gasteiger partial charge in [0.05, 0.1) is 19.8 Å². The summed E-state index contributed by atoms with van der Waals surface area (Å²) < 4.78 is 13.2. The molecule has 0 heterocycles. The lowest BCUT2D eigenvalue weighted by Crippen LogP contribution is -1.95. The van der Waals surface area contributed by atoms with E-state index in [0.717, 1.165) is 0 Å². The van der Waals surface area contributed by atoms with Gasteiger partial charge in [-0.3, -0.25) is 14.4 Å². The average Bonchev–Trinajstić information content (AvgIpc) is 3.32. The summed E-state index contributed by atoms with van der Waals surface area (Å²) >= 11 is 0. The van der Waals surface area contributed by atoms with Gasteiger partial charge in [0.2, 0.25) is 0 Å². The van der Waals surface area contributed by atoms with E-state index in [2.05, 4.69) is 14.2 Å². The van der Waals surface area contributed by atoms with Gasteiger partial charge in [0.25, 0.3) is 0 Å². The maximum atomic E-state index is 9.82. The monoisotopic (exact) mass is 810 g/mol. The average molecular weight is 811 g/mol. The van der Waals surface area contributed by atoms with E-state index in [1.54, 1.807) is 20.8 Å². The first kappa shape index (κ1) is 57.3. The van der Waals surface area contributed by atoms with Crippen molar-refractivity contribution < 1.29 is 28.6 Å². The minimum absolute atomic E-state index is 0.211. The van der Waals surface area contributed by atoms with Crippen LogP contribution >= 0.6 is 0 Å². The Hall–Kier alpha value is -7.05. The van der Waals surface area contributed by atoms with Crippen LogP contribution in [0.15, 0.2) is 255 Å². The molecule has 6 heteroatoms. The summed E-state index contributed by atoms with van der Waals surface area (Å²) in [6.45, 7) is 11.0. The van der Waals surface area contributed by atoms with Gasteiger partial charge in [-0.15, -0.1) is 0 Å². The molecule has 0 aliphatic rings. The SMILES string of the molecule is CCOC(C)=O.CCOC(C)=O.CCOC(C)=O.c1ccccc1.c1ccccc1.c1ccccc1.c1ccccc1.c1ccccc1.c1ccccc1.c1ccccc1. The minimum Gasteiger partial charge on any atom is -0.466 e. The maximum Gasteiger partial charge on any atom is 0.302 e. The molecule has 0 unspecified atom stereocenters. The second kappa shape index (κ2) is 54.1. The standard InChI is InChI=1S/7C6H6.3C4H8O2/c7*1-2-4-6-5-3-1;3*1-3-6-4(2)5/h7*1-6H;3*3H2,1-2H3. The van der Waals surface area contributed by atoms with Gasteiger partial charge in [-0.05, 0) is 20.8 Å². The van der Waals surface area contributed by atoms with E-state index < -0.39 is 0 Å². The second-order valence-corrected chi connectivity index (χ2v) is 10.9. The predicted octanol–water partition coefficient (Wildman–Crippen LogP) is 13.5. The molecule has 0 atom stereocenters. The van der Waals surface area contributed by atoms with E-state index >= 15 is 0 Å². The summed E-state index contributed by atoms with van der Waals surface area (Å²) in [7, 11) is 0. The maximum absolute atomic E-state index is 9.82. The quantitative estimate of drug-likeness (QED) is 0.131. The molecule has 0 radical (unpaired) electrons. The van der Waals surface area contributed by atoms with Gasteiger partial charge >= 0.3 is 17.9 Å². The number of benzene rings is 7. The third-order valence-corrected chi connectivity index (χ3v) is 5.71. The lowest BCUT2D eigenvalue weighted by molar-refractivity contribution is -0.141. The van der Waals surface area contributed by atoms with Crippen LogP contribution in [-0.2, 0) is 28.6 Å². The Morgan fingerprint density at radius 1 is 0.217 bits per heavy atom. The van der Waals surface area contributed by atoms with Crippen LogP contribution < -0.4 is 0 Å². The van der Waals surface area contributed by atoms with Crippen molar-refractivity contribution in [3.8, 4) is 0 Å². The Morgan fingerprint density at radius 3 is 0.300 bits per heavy atom. The molecule has 7 aromatic carbocycles. The number of hydrogen-bond donors (Lipinski definition) is 0. The molecular formula is C54H66O6. The van der Waals surface area contributed by atoms with E-state index in [-0.39, 0.29) is 17.9 Å². The van der Waals surface area contributed by atoms with Crippen molar-refractivity contribution >= 4 is 17.9 Å². The molecule has 60 heavy (non-hydrogen) atoms. The molecule has 0 aromatic heterocycles. The first-order chi connectivity index (χ1) is 29.3.